The third-order valence-corrected chi connectivity index (χ3v) is 15.6. The summed E-state index contributed by atoms with van der Waals surface area (Å²) in [6.07, 6.45) is -0.0410. The largest absolute Gasteiger partial charge is 0.488 e. The van der Waals surface area contributed by atoms with Gasteiger partial charge in [-0.25, -0.2) is 17.6 Å². The van der Waals surface area contributed by atoms with Crippen LogP contribution in [0.2, 0.25) is 5.04 Å². The van der Waals surface area contributed by atoms with Crippen LogP contribution in [-0.2, 0) is 22.9 Å². The Bertz CT molecular complexity index is 1970. The van der Waals surface area contributed by atoms with E-state index in [1.807, 2.05) is 36.4 Å². The summed E-state index contributed by atoms with van der Waals surface area (Å²) in [5.41, 5.74) is -1.24. The molecule has 0 radical (unpaired) electrons. The number of ether oxygens (including phenoxy) is 1. The number of hydrogen-bond acceptors (Lipinski definition) is 4. The summed E-state index contributed by atoms with van der Waals surface area (Å²) < 4.78 is 77.2. The van der Waals surface area contributed by atoms with Gasteiger partial charge in [0.25, 0.3) is 8.32 Å². The third-order valence-electron chi connectivity index (χ3n) is 10.7. The number of fused-ring (bicyclic) bond motifs is 3. The van der Waals surface area contributed by atoms with Gasteiger partial charge in [0, 0.05) is 60.5 Å². The van der Waals surface area contributed by atoms with Crippen LogP contribution in [0.4, 0.5) is 17.6 Å². The summed E-state index contributed by atoms with van der Waals surface area (Å²) in [7, 11) is -3.08. The van der Waals surface area contributed by atoms with E-state index in [4.69, 9.17) is 9.16 Å². The van der Waals surface area contributed by atoms with Crippen molar-refractivity contribution < 1.29 is 26.7 Å². The molecule has 1 aromatic heterocycles. The Kier molecular flexibility index (Phi) is 9.19. The fraction of sp³-hybridized carbons (Fsp3) is 0.366. The van der Waals surface area contributed by atoms with E-state index < -0.39 is 37.0 Å². The maximum atomic E-state index is 17.4. The highest BCUT2D eigenvalue weighted by Gasteiger charge is 2.52. The van der Waals surface area contributed by atoms with Gasteiger partial charge in [-0.15, -0.1) is 0 Å². The van der Waals surface area contributed by atoms with Crippen molar-refractivity contribution in [2.45, 2.75) is 69.9 Å². The summed E-state index contributed by atoms with van der Waals surface area (Å²) in [5.74, 6) is -1.85. The van der Waals surface area contributed by atoms with Crippen LogP contribution in [0.15, 0.2) is 91.0 Å². The summed E-state index contributed by atoms with van der Waals surface area (Å²) in [4.78, 5) is 5.17. The smallest absolute Gasteiger partial charge is 0.261 e. The normalized spacial score (nSPS) is 19.8. The molecular weight excluding hydrogens is 671 g/mol. The molecule has 0 spiro atoms. The highest BCUT2D eigenvalue weighted by atomic mass is 28.4. The topological polar surface area (TPSA) is 49.5 Å². The number of nitrogens with zero attached hydrogens (tertiary/aromatic N) is 1. The highest BCUT2D eigenvalue weighted by molar-refractivity contribution is 6.99. The Hall–Kier alpha value is -3.96. The number of hydrogen-bond donors (Lipinski definition) is 2. The minimum atomic E-state index is -3.08. The molecule has 0 saturated carbocycles. The number of H-pyrrole nitrogens is 1. The first-order chi connectivity index (χ1) is 24.2. The van der Waals surface area contributed by atoms with Crippen molar-refractivity contribution in [1.82, 2.24) is 15.2 Å². The minimum Gasteiger partial charge on any atom is -0.488 e. The van der Waals surface area contributed by atoms with Gasteiger partial charge in [0.2, 0.25) is 0 Å². The van der Waals surface area contributed by atoms with Gasteiger partial charge in [0.05, 0.1) is 12.1 Å². The molecule has 0 bridgehead atoms. The minimum absolute atomic E-state index is 0.107. The monoisotopic (exact) mass is 715 g/mol. The van der Waals surface area contributed by atoms with Gasteiger partial charge < -0.3 is 19.5 Å². The van der Waals surface area contributed by atoms with Gasteiger partial charge >= 0.3 is 0 Å². The quantitative estimate of drug-likeness (QED) is 0.116. The molecule has 10 heteroatoms. The SMILES string of the molecule is CC(F)(CO[Si](c1ccccc1)(c1ccccc1)C(C)(C)C)CN1Cc2[nH]c3ccc(F)cc3c2CC1(C)c1c(F)cc(OC2CNC2)cc1F. The fourth-order valence-electron chi connectivity index (χ4n) is 8.05. The van der Waals surface area contributed by atoms with Crippen molar-refractivity contribution in [2.75, 3.05) is 26.2 Å². The van der Waals surface area contributed by atoms with Crippen LogP contribution in [0.25, 0.3) is 10.9 Å². The molecule has 7 rings (SSSR count). The Morgan fingerprint density at radius 2 is 1.47 bits per heavy atom. The van der Waals surface area contributed by atoms with E-state index >= 15 is 13.2 Å². The zero-order valence-corrected chi connectivity index (χ0v) is 30.8. The molecule has 0 amide bonds. The maximum absolute atomic E-state index is 17.4. The third kappa shape index (κ3) is 6.52. The lowest BCUT2D eigenvalue weighted by molar-refractivity contribution is -0.00927. The molecule has 5 nitrogen and oxygen atoms in total. The lowest BCUT2D eigenvalue weighted by atomic mass is 9.78. The Labute approximate surface area is 298 Å². The molecule has 268 valence electrons. The fourth-order valence-corrected chi connectivity index (χ4v) is 12.7. The second kappa shape index (κ2) is 13.2. The number of halogens is 4. The average molecular weight is 716 g/mol. The Morgan fingerprint density at radius 3 is 2.02 bits per heavy atom. The van der Waals surface area contributed by atoms with Gasteiger partial charge in [-0.1, -0.05) is 81.4 Å². The molecule has 0 aliphatic carbocycles. The van der Waals surface area contributed by atoms with Gasteiger partial charge in [0.15, 0.2) is 0 Å². The number of alkyl halides is 1. The molecule has 5 aromatic rings. The van der Waals surface area contributed by atoms with Crippen LogP contribution < -0.4 is 20.4 Å². The molecule has 1 saturated heterocycles. The van der Waals surface area contributed by atoms with Gasteiger partial charge in [-0.3, -0.25) is 4.90 Å². The second-order valence-corrected chi connectivity index (χ2v) is 19.9. The molecule has 1 fully saturated rings. The van der Waals surface area contributed by atoms with Crippen molar-refractivity contribution in [3.8, 4) is 5.75 Å². The van der Waals surface area contributed by atoms with Crippen molar-refractivity contribution in [3.63, 3.8) is 0 Å². The Morgan fingerprint density at radius 1 is 0.863 bits per heavy atom. The lowest BCUT2D eigenvalue weighted by Gasteiger charge is -2.48. The van der Waals surface area contributed by atoms with Crippen LogP contribution in [0.5, 0.6) is 5.75 Å². The highest BCUT2D eigenvalue weighted by Crippen LogP contribution is 2.45. The van der Waals surface area contributed by atoms with Crippen LogP contribution in [0, 0.1) is 17.5 Å². The molecular formula is C41H45F4N3O2Si. The predicted octanol–water partition coefficient (Wildman–Crippen LogP) is 7.51. The number of benzene rings is 4. The van der Waals surface area contributed by atoms with Crippen molar-refractivity contribution in [1.29, 1.82) is 0 Å². The second-order valence-electron chi connectivity index (χ2n) is 15.6. The number of nitrogens with one attached hydrogen (secondary N) is 2. The first-order valence-electron chi connectivity index (χ1n) is 17.6. The first-order valence-corrected chi connectivity index (χ1v) is 19.5. The molecule has 2 N–H and O–H groups in total. The predicted molar refractivity (Wildman–Crippen MR) is 196 cm³/mol. The number of rotatable bonds is 10. The van der Waals surface area contributed by atoms with Gasteiger partial charge in [-0.05, 0) is 59.4 Å². The summed E-state index contributed by atoms with van der Waals surface area (Å²) in [5, 5.41) is 5.42. The molecule has 2 atom stereocenters. The number of aromatic nitrogens is 1. The van der Waals surface area contributed by atoms with Gasteiger partial charge in [-0.2, -0.15) is 0 Å². The van der Waals surface area contributed by atoms with E-state index in [2.05, 4.69) is 55.3 Å². The zero-order chi connectivity index (χ0) is 36.2. The molecule has 51 heavy (non-hydrogen) atoms. The first kappa shape index (κ1) is 35.4. The van der Waals surface area contributed by atoms with E-state index in [-0.39, 0.29) is 48.6 Å². The van der Waals surface area contributed by atoms with Crippen molar-refractivity contribution in [3.05, 3.63) is 125 Å². The average Bonchev–Trinajstić information content (AvgIpc) is 3.39. The molecule has 4 aromatic carbocycles. The molecule has 2 aliphatic heterocycles. The molecule has 2 unspecified atom stereocenters. The standard InChI is InChI=1S/C41H45F4N3O2Si/c1-39(2,3)51(30-12-8-6-9-13-30,31-14-10-7-11-15-31)49-26-40(4,45)25-48-24-37-33(32-18-27(42)16-17-36(32)47-37)21-41(48,5)38-34(43)19-28(20-35(38)44)50-29-22-46-23-29/h6-20,29,46-47H,21-26H2,1-5H3. The number of aromatic amines is 1. The summed E-state index contributed by atoms with van der Waals surface area (Å²) >= 11 is 0. The van der Waals surface area contributed by atoms with E-state index in [9.17, 15) is 4.39 Å². The van der Waals surface area contributed by atoms with E-state index in [0.29, 0.717) is 24.0 Å². The molecule has 2 aliphatic rings. The summed E-state index contributed by atoms with van der Waals surface area (Å²) in [6.45, 7) is 10.6. The lowest BCUT2D eigenvalue weighted by Crippen LogP contribution is -2.67. The van der Waals surface area contributed by atoms with E-state index in [0.717, 1.165) is 21.6 Å². The van der Waals surface area contributed by atoms with Crippen molar-refractivity contribution >= 4 is 29.6 Å². The van der Waals surface area contributed by atoms with Crippen LogP contribution >= 0.6 is 0 Å². The van der Waals surface area contributed by atoms with Crippen LogP contribution in [-0.4, -0.2) is 56.2 Å². The Balaban J connectivity index is 1.27. The maximum Gasteiger partial charge on any atom is 0.261 e. The zero-order valence-electron chi connectivity index (χ0n) is 29.8. The van der Waals surface area contributed by atoms with Crippen LogP contribution in [0.1, 0.15) is 51.4 Å². The summed E-state index contributed by atoms with van der Waals surface area (Å²) in [6, 6.07) is 27.0. The van der Waals surface area contributed by atoms with E-state index in [1.165, 1.54) is 31.2 Å². The van der Waals surface area contributed by atoms with E-state index in [1.54, 1.807) is 17.9 Å². The van der Waals surface area contributed by atoms with Gasteiger partial charge in [0.1, 0.15) is 35.0 Å². The molecule has 3 heterocycles. The van der Waals surface area contributed by atoms with Crippen molar-refractivity contribution in [2.24, 2.45) is 0 Å². The van der Waals surface area contributed by atoms with Crippen LogP contribution in [0.3, 0.4) is 0 Å².